The Morgan fingerprint density at radius 3 is 2.70 bits per heavy atom. The highest BCUT2D eigenvalue weighted by atomic mass is 32.1. The SMILES string of the molecule is COc1cccc(C(=O)N(CC(=O)N2CCc3sccc3[C@H]2COc2ccc(C)cc2C)CC2CC2)c1. The molecule has 2 aromatic carbocycles. The Kier molecular flexibility index (Phi) is 7.51. The van der Waals surface area contributed by atoms with Crippen molar-refractivity contribution in [2.45, 2.75) is 39.2 Å². The molecule has 37 heavy (non-hydrogen) atoms. The fraction of sp³-hybridized carbons (Fsp3) is 0.400. The van der Waals surface area contributed by atoms with Crippen LogP contribution in [0.2, 0.25) is 0 Å². The molecular formula is C30H34N2O4S. The molecule has 194 valence electrons. The van der Waals surface area contributed by atoms with Gasteiger partial charge < -0.3 is 19.3 Å². The number of methoxy groups -OCH3 is 1. The lowest BCUT2D eigenvalue weighted by Crippen LogP contribution is -2.48. The van der Waals surface area contributed by atoms with Crippen molar-refractivity contribution in [1.82, 2.24) is 9.80 Å². The minimum atomic E-state index is -0.183. The van der Waals surface area contributed by atoms with Crippen molar-refractivity contribution >= 4 is 23.2 Å². The van der Waals surface area contributed by atoms with E-state index in [9.17, 15) is 9.59 Å². The number of ether oxygens (including phenoxy) is 2. The number of fused-ring (bicyclic) bond motifs is 1. The van der Waals surface area contributed by atoms with Crippen LogP contribution in [0.3, 0.4) is 0 Å². The van der Waals surface area contributed by atoms with Crippen LogP contribution in [0.1, 0.15) is 50.8 Å². The number of thiophene rings is 1. The highest BCUT2D eigenvalue weighted by Crippen LogP contribution is 2.35. The minimum absolute atomic E-state index is 0.0389. The zero-order valence-corrected chi connectivity index (χ0v) is 22.6. The Hall–Kier alpha value is -3.32. The topological polar surface area (TPSA) is 59.1 Å². The van der Waals surface area contributed by atoms with E-state index < -0.39 is 0 Å². The van der Waals surface area contributed by atoms with Crippen molar-refractivity contribution in [3.05, 3.63) is 81.0 Å². The summed E-state index contributed by atoms with van der Waals surface area (Å²) in [5.41, 5.74) is 3.97. The summed E-state index contributed by atoms with van der Waals surface area (Å²) in [6, 6.07) is 15.2. The van der Waals surface area contributed by atoms with Crippen LogP contribution in [-0.4, -0.2) is 55.0 Å². The average molecular weight is 519 g/mol. The first-order chi connectivity index (χ1) is 17.9. The molecule has 0 unspecified atom stereocenters. The van der Waals surface area contributed by atoms with Crippen molar-refractivity contribution < 1.29 is 19.1 Å². The Labute approximate surface area is 222 Å². The number of nitrogens with zero attached hydrogens (tertiary/aromatic N) is 2. The molecule has 1 fully saturated rings. The second-order valence-electron chi connectivity index (χ2n) is 10.1. The first-order valence-corrected chi connectivity index (χ1v) is 13.8. The number of benzene rings is 2. The van der Waals surface area contributed by atoms with Gasteiger partial charge in [0.2, 0.25) is 5.91 Å². The smallest absolute Gasteiger partial charge is 0.254 e. The summed E-state index contributed by atoms with van der Waals surface area (Å²) in [6.07, 6.45) is 3.03. The Morgan fingerprint density at radius 2 is 1.95 bits per heavy atom. The van der Waals surface area contributed by atoms with Crippen molar-refractivity contribution in [3.8, 4) is 11.5 Å². The Balaban J connectivity index is 1.35. The molecule has 0 saturated heterocycles. The maximum absolute atomic E-state index is 13.8. The molecule has 2 heterocycles. The monoisotopic (exact) mass is 518 g/mol. The largest absolute Gasteiger partial charge is 0.497 e. The molecule has 7 heteroatoms. The molecule has 0 radical (unpaired) electrons. The van der Waals surface area contributed by atoms with Gasteiger partial charge in [-0.15, -0.1) is 11.3 Å². The molecule has 1 aliphatic heterocycles. The molecule has 3 aromatic rings. The van der Waals surface area contributed by atoms with E-state index in [1.54, 1.807) is 35.5 Å². The number of hydrogen-bond donors (Lipinski definition) is 0. The van der Waals surface area contributed by atoms with Gasteiger partial charge in [-0.3, -0.25) is 9.59 Å². The van der Waals surface area contributed by atoms with Crippen molar-refractivity contribution in [1.29, 1.82) is 0 Å². The molecule has 2 aliphatic rings. The number of aryl methyl sites for hydroxylation is 2. The number of amides is 2. The lowest BCUT2D eigenvalue weighted by atomic mass is 10.00. The lowest BCUT2D eigenvalue weighted by Gasteiger charge is -2.37. The number of carbonyl (C=O) groups is 2. The van der Waals surface area contributed by atoms with Crippen LogP contribution >= 0.6 is 11.3 Å². The lowest BCUT2D eigenvalue weighted by molar-refractivity contribution is -0.135. The fourth-order valence-electron chi connectivity index (χ4n) is 5.03. The Bertz CT molecular complexity index is 1280. The second kappa shape index (κ2) is 11.0. The van der Waals surface area contributed by atoms with Gasteiger partial charge in [0, 0.05) is 23.5 Å². The predicted molar refractivity (Wildman–Crippen MR) is 146 cm³/mol. The zero-order chi connectivity index (χ0) is 25.9. The predicted octanol–water partition coefficient (Wildman–Crippen LogP) is 5.43. The van der Waals surface area contributed by atoms with Gasteiger partial charge in [0.1, 0.15) is 24.7 Å². The van der Waals surface area contributed by atoms with Crippen LogP contribution < -0.4 is 9.47 Å². The van der Waals surface area contributed by atoms with Gasteiger partial charge in [-0.2, -0.15) is 0 Å². The highest BCUT2D eigenvalue weighted by molar-refractivity contribution is 7.10. The van der Waals surface area contributed by atoms with Crippen LogP contribution in [0.4, 0.5) is 0 Å². The molecule has 5 rings (SSSR count). The third-order valence-electron chi connectivity index (χ3n) is 7.25. The van der Waals surface area contributed by atoms with Gasteiger partial charge >= 0.3 is 0 Å². The Morgan fingerprint density at radius 1 is 1.11 bits per heavy atom. The highest BCUT2D eigenvalue weighted by Gasteiger charge is 2.35. The van der Waals surface area contributed by atoms with Gasteiger partial charge in [0.05, 0.1) is 13.2 Å². The fourth-order valence-corrected chi connectivity index (χ4v) is 5.96. The third-order valence-corrected chi connectivity index (χ3v) is 8.24. The molecule has 0 bridgehead atoms. The van der Waals surface area contributed by atoms with Crippen LogP contribution in [0, 0.1) is 19.8 Å². The molecule has 1 saturated carbocycles. The van der Waals surface area contributed by atoms with Crippen molar-refractivity contribution in [3.63, 3.8) is 0 Å². The summed E-state index contributed by atoms with van der Waals surface area (Å²) in [7, 11) is 1.59. The molecule has 6 nitrogen and oxygen atoms in total. The van der Waals surface area contributed by atoms with E-state index >= 15 is 0 Å². The van der Waals surface area contributed by atoms with Crippen molar-refractivity contribution in [2.24, 2.45) is 5.92 Å². The van der Waals surface area contributed by atoms with E-state index in [2.05, 4.69) is 24.4 Å². The molecule has 1 aromatic heterocycles. The quantitative estimate of drug-likeness (QED) is 0.379. The molecule has 1 aliphatic carbocycles. The van der Waals surface area contributed by atoms with Gasteiger partial charge in [-0.25, -0.2) is 0 Å². The first kappa shape index (κ1) is 25.3. The summed E-state index contributed by atoms with van der Waals surface area (Å²) in [5.74, 6) is 1.77. The molecule has 1 atom stereocenters. The normalized spacial score (nSPS) is 16.7. The van der Waals surface area contributed by atoms with Gasteiger partial charge in [-0.05, 0) is 85.9 Å². The summed E-state index contributed by atoms with van der Waals surface area (Å²) >= 11 is 1.74. The maximum atomic E-state index is 13.8. The van der Waals surface area contributed by atoms with Crippen molar-refractivity contribution in [2.75, 3.05) is 33.4 Å². The first-order valence-electron chi connectivity index (χ1n) is 12.9. The van der Waals surface area contributed by atoms with Crippen LogP contribution in [0.25, 0.3) is 0 Å². The summed E-state index contributed by atoms with van der Waals surface area (Å²) in [4.78, 5) is 32.2. The number of hydrogen-bond acceptors (Lipinski definition) is 5. The maximum Gasteiger partial charge on any atom is 0.254 e. The average Bonchev–Trinajstić information content (AvgIpc) is 3.59. The molecule has 0 spiro atoms. The summed E-state index contributed by atoms with van der Waals surface area (Å²) in [6.45, 7) is 5.77. The number of carbonyl (C=O) groups excluding carboxylic acids is 2. The van der Waals surface area contributed by atoms with E-state index in [4.69, 9.17) is 9.47 Å². The number of rotatable bonds is 9. The minimum Gasteiger partial charge on any atom is -0.497 e. The van der Waals surface area contributed by atoms with Gasteiger partial charge in [-0.1, -0.05) is 23.8 Å². The van der Waals surface area contributed by atoms with E-state index in [-0.39, 0.29) is 24.4 Å². The summed E-state index contributed by atoms with van der Waals surface area (Å²) < 4.78 is 11.6. The van der Waals surface area contributed by atoms with E-state index in [1.807, 2.05) is 36.1 Å². The second-order valence-corrected chi connectivity index (χ2v) is 11.1. The van der Waals surface area contributed by atoms with E-state index in [1.165, 1.54) is 10.4 Å². The van der Waals surface area contributed by atoms with E-state index in [0.717, 1.165) is 36.1 Å². The van der Waals surface area contributed by atoms with Crippen LogP contribution in [0.5, 0.6) is 11.5 Å². The molecular weight excluding hydrogens is 484 g/mol. The van der Waals surface area contributed by atoms with E-state index in [0.29, 0.717) is 36.9 Å². The third kappa shape index (κ3) is 5.82. The molecule has 2 amide bonds. The van der Waals surface area contributed by atoms with Gasteiger partial charge in [0.25, 0.3) is 5.91 Å². The van der Waals surface area contributed by atoms with Crippen LogP contribution in [0.15, 0.2) is 53.9 Å². The zero-order valence-electron chi connectivity index (χ0n) is 21.7. The summed E-state index contributed by atoms with van der Waals surface area (Å²) in [5, 5.41) is 2.09. The molecule has 0 N–H and O–H groups in total. The van der Waals surface area contributed by atoms with Crippen LogP contribution in [-0.2, 0) is 11.2 Å². The van der Waals surface area contributed by atoms with Gasteiger partial charge in [0.15, 0.2) is 0 Å². The standard InChI is InChI=1S/C30H34N2O4S/c1-20-7-10-27(21(2)15-20)36-19-26-25-12-14-37-28(25)11-13-32(26)29(33)18-31(17-22-8-9-22)30(34)23-5-4-6-24(16-23)35-3/h4-7,10,12,14-16,22,26H,8-9,11,13,17-19H2,1-3H3/t26-/m1/s1.